The molecule has 0 aliphatic rings. The number of hydrogen-bond acceptors (Lipinski definition) is 6. The van der Waals surface area contributed by atoms with Gasteiger partial charge in [0, 0.05) is 0 Å². The molecule has 0 saturated heterocycles. The van der Waals surface area contributed by atoms with Crippen LogP contribution in [0.15, 0.2) is 48.0 Å². The fourth-order valence-corrected chi connectivity index (χ4v) is 2.41. The van der Waals surface area contributed by atoms with Crippen molar-refractivity contribution in [1.29, 1.82) is 5.26 Å². The second kappa shape index (κ2) is 9.93. The fraction of sp³-hybridized carbons (Fsp3) is 0.227. The van der Waals surface area contributed by atoms with Gasteiger partial charge in [0.1, 0.15) is 11.6 Å². The summed E-state index contributed by atoms with van der Waals surface area (Å²) in [6.45, 7) is 5.88. The molecule has 6 heteroatoms. The average Bonchev–Trinajstić information content (AvgIpc) is 2.68. The molecule has 0 saturated carbocycles. The van der Waals surface area contributed by atoms with Gasteiger partial charge in [0.05, 0.1) is 18.8 Å². The van der Waals surface area contributed by atoms with E-state index in [9.17, 15) is 9.59 Å². The molecule has 0 fully saturated rings. The van der Waals surface area contributed by atoms with Gasteiger partial charge in [-0.05, 0) is 56.7 Å². The van der Waals surface area contributed by atoms with Crippen molar-refractivity contribution < 1.29 is 23.8 Å². The third-order valence-corrected chi connectivity index (χ3v) is 3.65. The normalized spacial score (nSPS) is 10.7. The SMILES string of the molecule is CCOC(=O)/C(C#N)=C/c1ccc(OC(=O)c2cccc(C)c2)c(OCC)c1. The summed E-state index contributed by atoms with van der Waals surface area (Å²) in [6.07, 6.45) is 1.40. The zero-order valence-electron chi connectivity index (χ0n) is 16.0. The van der Waals surface area contributed by atoms with E-state index in [2.05, 4.69) is 0 Å². The predicted molar refractivity (Wildman–Crippen MR) is 104 cm³/mol. The van der Waals surface area contributed by atoms with Gasteiger partial charge < -0.3 is 14.2 Å². The molecule has 6 nitrogen and oxygen atoms in total. The molecular weight excluding hydrogens is 358 g/mol. The third kappa shape index (κ3) is 5.45. The van der Waals surface area contributed by atoms with Gasteiger partial charge in [-0.2, -0.15) is 5.26 Å². The molecule has 144 valence electrons. The summed E-state index contributed by atoms with van der Waals surface area (Å²) in [7, 11) is 0. The largest absolute Gasteiger partial charge is 0.490 e. The number of aryl methyl sites for hydroxylation is 1. The van der Waals surface area contributed by atoms with Crippen LogP contribution in [0.4, 0.5) is 0 Å². The van der Waals surface area contributed by atoms with Crippen LogP contribution in [0.5, 0.6) is 11.5 Å². The lowest BCUT2D eigenvalue weighted by Gasteiger charge is -2.12. The van der Waals surface area contributed by atoms with Crippen molar-refractivity contribution >= 4 is 18.0 Å². The van der Waals surface area contributed by atoms with E-state index in [1.807, 2.05) is 19.1 Å². The first-order valence-electron chi connectivity index (χ1n) is 8.83. The Morgan fingerprint density at radius 2 is 1.86 bits per heavy atom. The molecular formula is C22H21NO5. The van der Waals surface area contributed by atoms with Crippen molar-refractivity contribution in [3.8, 4) is 17.6 Å². The van der Waals surface area contributed by atoms with Crippen LogP contribution in [0, 0.1) is 18.3 Å². The fourth-order valence-electron chi connectivity index (χ4n) is 2.41. The lowest BCUT2D eigenvalue weighted by Crippen LogP contribution is -2.10. The minimum atomic E-state index is -0.696. The minimum absolute atomic E-state index is 0.131. The Morgan fingerprint density at radius 3 is 2.50 bits per heavy atom. The molecule has 0 bridgehead atoms. The number of ether oxygens (including phenoxy) is 3. The summed E-state index contributed by atoms with van der Waals surface area (Å²) in [6, 6.07) is 13.7. The van der Waals surface area contributed by atoms with Crippen molar-refractivity contribution in [3.05, 3.63) is 64.7 Å². The van der Waals surface area contributed by atoms with Gasteiger partial charge in [0.2, 0.25) is 0 Å². The quantitative estimate of drug-likeness (QED) is 0.312. The third-order valence-electron chi connectivity index (χ3n) is 3.65. The van der Waals surface area contributed by atoms with Crippen LogP contribution in [0.1, 0.15) is 35.3 Å². The number of nitrogens with zero attached hydrogens (tertiary/aromatic N) is 1. The van der Waals surface area contributed by atoms with E-state index in [-0.39, 0.29) is 17.9 Å². The van der Waals surface area contributed by atoms with Crippen LogP contribution in [-0.2, 0) is 9.53 Å². The Kier molecular flexibility index (Phi) is 7.35. The number of nitriles is 1. The van der Waals surface area contributed by atoms with Crippen LogP contribution < -0.4 is 9.47 Å². The molecule has 0 spiro atoms. The van der Waals surface area contributed by atoms with Gasteiger partial charge in [-0.3, -0.25) is 0 Å². The van der Waals surface area contributed by atoms with Crippen molar-refractivity contribution in [2.45, 2.75) is 20.8 Å². The standard InChI is InChI=1S/C22H21NO5/c1-4-26-20-13-16(12-18(14-23)21(24)27-5-2)9-10-19(20)28-22(25)17-8-6-7-15(3)11-17/h6-13H,4-5H2,1-3H3/b18-12+. The Hall–Kier alpha value is -3.59. The molecule has 2 aromatic carbocycles. The lowest BCUT2D eigenvalue weighted by atomic mass is 10.1. The highest BCUT2D eigenvalue weighted by Gasteiger charge is 2.15. The summed E-state index contributed by atoms with van der Waals surface area (Å²) in [5.74, 6) is -0.617. The Labute approximate surface area is 164 Å². The van der Waals surface area contributed by atoms with Crippen molar-refractivity contribution in [1.82, 2.24) is 0 Å². The maximum atomic E-state index is 12.4. The maximum absolute atomic E-state index is 12.4. The van der Waals surface area contributed by atoms with Gasteiger partial charge in [-0.1, -0.05) is 23.8 Å². The molecule has 0 aliphatic heterocycles. The summed E-state index contributed by atoms with van der Waals surface area (Å²) in [5, 5.41) is 9.16. The van der Waals surface area contributed by atoms with Crippen molar-refractivity contribution in [2.24, 2.45) is 0 Å². The van der Waals surface area contributed by atoms with E-state index in [0.29, 0.717) is 23.5 Å². The van der Waals surface area contributed by atoms with Crippen molar-refractivity contribution in [3.63, 3.8) is 0 Å². The van der Waals surface area contributed by atoms with E-state index < -0.39 is 11.9 Å². The number of rotatable bonds is 7. The predicted octanol–water partition coefficient (Wildman–Crippen LogP) is 4.08. The highest BCUT2D eigenvalue weighted by atomic mass is 16.6. The Bertz CT molecular complexity index is 940. The number of carbonyl (C=O) groups is 2. The summed E-state index contributed by atoms with van der Waals surface area (Å²) < 4.78 is 15.9. The molecule has 2 rings (SSSR count). The van der Waals surface area contributed by atoms with E-state index in [4.69, 9.17) is 19.5 Å². The van der Waals surface area contributed by atoms with Gasteiger partial charge in [-0.15, -0.1) is 0 Å². The molecule has 0 aromatic heterocycles. The van der Waals surface area contributed by atoms with E-state index in [1.54, 1.807) is 50.2 Å². The van der Waals surface area contributed by atoms with Gasteiger partial charge in [0.15, 0.2) is 11.5 Å². The van der Waals surface area contributed by atoms with Crippen LogP contribution in [0.3, 0.4) is 0 Å². The van der Waals surface area contributed by atoms with E-state index in [1.165, 1.54) is 6.08 Å². The van der Waals surface area contributed by atoms with Gasteiger partial charge in [-0.25, -0.2) is 9.59 Å². The summed E-state index contributed by atoms with van der Waals surface area (Å²) >= 11 is 0. The lowest BCUT2D eigenvalue weighted by molar-refractivity contribution is -0.137. The molecule has 0 atom stereocenters. The molecule has 0 amide bonds. The Morgan fingerprint density at radius 1 is 1.07 bits per heavy atom. The molecule has 0 aliphatic carbocycles. The van der Waals surface area contributed by atoms with E-state index in [0.717, 1.165) is 5.56 Å². The molecule has 2 aromatic rings. The molecule has 0 unspecified atom stereocenters. The number of hydrogen-bond donors (Lipinski definition) is 0. The zero-order valence-corrected chi connectivity index (χ0v) is 16.0. The first-order valence-corrected chi connectivity index (χ1v) is 8.83. The molecule has 0 radical (unpaired) electrons. The second-order valence-corrected chi connectivity index (χ2v) is 5.79. The zero-order chi connectivity index (χ0) is 20.5. The smallest absolute Gasteiger partial charge is 0.348 e. The highest BCUT2D eigenvalue weighted by molar-refractivity contribution is 5.98. The highest BCUT2D eigenvalue weighted by Crippen LogP contribution is 2.30. The van der Waals surface area contributed by atoms with Crippen LogP contribution >= 0.6 is 0 Å². The van der Waals surface area contributed by atoms with Crippen molar-refractivity contribution in [2.75, 3.05) is 13.2 Å². The number of benzene rings is 2. The molecule has 0 N–H and O–H groups in total. The second-order valence-electron chi connectivity index (χ2n) is 5.79. The average molecular weight is 379 g/mol. The van der Waals surface area contributed by atoms with Gasteiger partial charge in [0.25, 0.3) is 0 Å². The van der Waals surface area contributed by atoms with Gasteiger partial charge >= 0.3 is 11.9 Å². The summed E-state index contributed by atoms with van der Waals surface area (Å²) in [4.78, 5) is 24.2. The minimum Gasteiger partial charge on any atom is -0.490 e. The van der Waals surface area contributed by atoms with E-state index >= 15 is 0 Å². The first kappa shape index (κ1) is 20.7. The maximum Gasteiger partial charge on any atom is 0.348 e. The number of carbonyl (C=O) groups excluding carboxylic acids is 2. The van der Waals surface area contributed by atoms with Crippen LogP contribution in [0.2, 0.25) is 0 Å². The monoisotopic (exact) mass is 379 g/mol. The van der Waals surface area contributed by atoms with Crippen LogP contribution in [0.25, 0.3) is 6.08 Å². The number of esters is 2. The topological polar surface area (TPSA) is 85.6 Å². The van der Waals surface area contributed by atoms with Crippen LogP contribution in [-0.4, -0.2) is 25.2 Å². The molecule has 28 heavy (non-hydrogen) atoms. The first-order chi connectivity index (χ1) is 13.5. The summed E-state index contributed by atoms with van der Waals surface area (Å²) in [5.41, 5.74) is 1.79. The molecule has 0 heterocycles. The Balaban J connectivity index is 2.31.